The van der Waals surface area contributed by atoms with Crippen LogP contribution < -0.4 is 5.32 Å². The fourth-order valence-electron chi connectivity index (χ4n) is 4.25. The molecule has 3 saturated heterocycles. The third-order valence-corrected chi connectivity index (χ3v) is 5.86. The Hall–Kier alpha value is -1.34. The molecule has 1 N–H and O–H groups in total. The van der Waals surface area contributed by atoms with E-state index in [-0.39, 0.29) is 6.03 Å². The molecule has 0 unspecified atom stereocenters. The van der Waals surface area contributed by atoms with Crippen LogP contribution in [0.25, 0.3) is 0 Å². The molecule has 0 saturated carbocycles. The summed E-state index contributed by atoms with van der Waals surface area (Å²) < 4.78 is 5.38. The van der Waals surface area contributed by atoms with E-state index in [1.165, 1.54) is 0 Å². The van der Waals surface area contributed by atoms with Crippen molar-refractivity contribution in [3.63, 3.8) is 0 Å². The molecule has 0 aromatic heterocycles. The minimum atomic E-state index is 0.0423. The number of carbonyl (C=O) groups excluding carboxylic acids is 2. The van der Waals surface area contributed by atoms with Gasteiger partial charge in [-0.3, -0.25) is 9.69 Å². The molecule has 7 nitrogen and oxygen atoms in total. The smallest absolute Gasteiger partial charge is 0.317 e. The van der Waals surface area contributed by atoms with Crippen molar-refractivity contribution in [3.8, 4) is 0 Å². The van der Waals surface area contributed by atoms with Gasteiger partial charge in [-0.2, -0.15) is 0 Å². The van der Waals surface area contributed by atoms with E-state index in [1.807, 2.05) is 16.7 Å². The Bertz CT molecular complexity index is 467. The lowest BCUT2D eigenvalue weighted by molar-refractivity contribution is -0.131. The minimum absolute atomic E-state index is 0.0423. The summed E-state index contributed by atoms with van der Waals surface area (Å²) in [6.07, 6.45) is 2.61. The van der Waals surface area contributed by atoms with E-state index in [4.69, 9.17) is 4.74 Å². The van der Waals surface area contributed by atoms with Gasteiger partial charge in [0, 0.05) is 58.8 Å². The Morgan fingerprint density at radius 2 is 1.88 bits per heavy atom. The highest BCUT2D eigenvalue weighted by molar-refractivity contribution is 5.77. The maximum atomic E-state index is 12.6. The van der Waals surface area contributed by atoms with E-state index in [1.54, 1.807) is 0 Å². The van der Waals surface area contributed by atoms with Crippen molar-refractivity contribution in [2.24, 2.45) is 11.8 Å². The minimum Gasteiger partial charge on any atom is -0.379 e. The number of likely N-dealkylation sites (tertiary alicyclic amines) is 2. The second kappa shape index (κ2) is 8.85. The van der Waals surface area contributed by atoms with Gasteiger partial charge < -0.3 is 19.9 Å². The van der Waals surface area contributed by atoms with Gasteiger partial charge in [-0.15, -0.1) is 0 Å². The van der Waals surface area contributed by atoms with Gasteiger partial charge in [0.25, 0.3) is 0 Å². The van der Waals surface area contributed by atoms with Crippen molar-refractivity contribution in [2.45, 2.75) is 26.2 Å². The third kappa shape index (κ3) is 4.85. The second-order valence-corrected chi connectivity index (χ2v) is 7.42. The van der Waals surface area contributed by atoms with Crippen molar-refractivity contribution in [3.05, 3.63) is 0 Å². The normalized spacial score (nSPS) is 28.4. The van der Waals surface area contributed by atoms with Gasteiger partial charge in [-0.1, -0.05) is 0 Å². The number of piperidine rings is 1. The highest BCUT2D eigenvalue weighted by Crippen LogP contribution is 2.32. The average molecular weight is 352 g/mol. The molecule has 25 heavy (non-hydrogen) atoms. The summed E-state index contributed by atoms with van der Waals surface area (Å²) in [4.78, 5) is 31.1. The molecule has 3 aliphatic heterocycles. The van der Waals surface area contributed by atoms with Crippen LogP contribution in [0.5, 0.6) is 0 Å². The Morgan fingerprint density at radius 3 is 2.64 bits per heavy atom. The van der Waals surface area contributed by atoms with Crippen LogP contribution in [0.15, 0.2) is 0 Å². The first-order valence-corrected chi connectivity index (χ1v) is 9.78. The number of fused-ring (bicyclic) bond motifs is 1. The molecular weight excluding hydrogens is 320 g/mol. The fraction of sp³-hybridized carbons (Fsp3) is 0.889. The van der Waals surface area contributed by atoms with Gasteiger partial charge in [0.05, 0.1) is 13.2 Å². The van der Waals surface area contributed by atoms with Gasteiger partial charge in [0.2, 0.25) is 5.91 Å². The number of hydrogen-bond acceptors (Lipinski definition) is 4. The molecular formula is C18H32N4O3. The van der Waals surface area contributed by atoms with Gasteiger partial charge in [-0.25, -0.2) is 4.79 Å². The van der Waals surface area contributed by atoms with Crippen LogP contribution >= 0.6 is 0 Å². The lowest BCUT2D eigenvalue weighted by atomic mass is 9.82. The summed E-state index contributed by atoms with van der Waals surface area (Å²) in [5, 5.41) is 2.89. The predicted molar refractivity (Wildman–Crippen MR) is 95.3 cm³/mol. The third-order valence-electron chi connectivity index (χ3n) is 5.86. The average Bonchev–Trinajstić information content (AvgIpc) is 2.79. The van der Waals surface area contributed by atoms with E-state index >= 15 is 0 Å². The van der Waals surface area contributed by atoms with Crippen LogP contribution in [0.4, 0.5) is 4.79 Å². The maximum Gasteiger partial charge on any atom is 0.317 e. The molecule has 3 rings (SSSR count). The summed E-state index contributed by atoms with van der Waals surface area (Å²) in [6, 6.07) is 0.0423. The number of nitrogens with zero attached hydrogens (tertiary/aromatic N) is 3. The number of amides is 3. The summed E-state index contributed by atoms with van der Waals surface area (Å²) in [7, 11) is 0. The SMILES string of the molecule is CCNC(=O)N1CC[C@H]2CC(=O)N(CCN3CCOCC3)CC[C@H]2C1. The first-order valence-electron chi connectivity index (χ1n) is 9.78. The largest absolute Gasteiger partial charge is 0.379 e. The summed E-state index contributed by atoms with van der Waals surface area (Å²) in [5.41, 5.74) is 0. The van der Waals surface area contributed by atoms with Gasteiger partial charge in [0.15, 0.2) is 0 Å². The molecule has 0 radical (unpaired) electrons. The van der Waals surface area contributed by atoms with Crippen LogP contribution in [0.2, 0.25) is 0 Å². The molecule has 0 aromatic carbocycles. The van der Waals surface area contributed by atoms with Crippen molar-refractivity contribution in [2.75, 3.05) is 65.6 Å². The predicted octanol–water partition coefficient (Wildman–Crippen LogP) is 0.609. The first kappa shape index (κ1) is 18.5. The lowest BCUT2D eigenvalue weighted by Gasteiger charge is -2.37. The highest BCUT2D eigenvalue weighted by Gasteiger charge is 2.36. The van der Waals surface area contributed by atoms with Crippen molar-refractivity contribution in [1.82, 2.24) is 20.0 Å². The zero-order chi connectivity index (χ0) is 17.6. The van der Waals surface area contributed by atoms with Crippen LogP contribution in [-0.2, 0) is 9.53 Å². The van der Waals surface area contributed by atoms with Gasteiger partial charge >= 0.3 is 6.03 Å². The molecule has 2 atom stereocenters. The Balaban J connectivity index is 1.50. The monoisotopic (exact) mass is 352 g/mol. The second-order valence-electron chi connectivity index (χ2n) is 7.42. The maximum absolute atomic E-state index is 12.6. The number of rotatable bonds is 4. The first-order chi connectivity index (χ1) is 12.2. The van der Waals surface area contributed by atoms with E-state index in [2.05, 4.69) is 10.2 Å². The molecule has 0 aromatic rings. The Labute approximate surface area is 150 Å². The quantitative estimate of drug-likeness (QED) is 0.805. The van der Waals surface area contributed by atoms with Crippen LogP contribution in [0.3, 0.4) is 0 Å². The zero-order valence-electron chi connectivity index (χ0n) is 15.4. The molecule has 3 aliphatic rings. The number of urea groups is 1. The van der Waals surface area contributed by atoms with E-state index in [0.29, 0.717) is 30.7 Å². The highest BCUT2D eigenvalue weighted by atomic mass is 16.5. The summed E-state index contributed by atoms with van der Waals surface area (Å²) in [5.74, 6) is 1.19. The van der Waals surface area contributed by atoms with Crippen LogP contribution in [0, 0.1) is 11.8 Å². The molecule has 7 heteroatoms. The zero-order valence-corrected chi connectivity index (χ0v) is 15.4. The molecule has 3 amide bonds. The molecule has 3 heterocycles. The fourth-order valence-corrected chi connectivity index (χ4v) is 4.25. The van der Waals surface area contributed by atoms with Crippen molar-refractivity contribution in [1.29, 1.82) is 0 Å². The standard InChI is InChI=1S/C18H32N4O3/c1-2-19-18(24)22-6-3-15-13-17(23)21(5-4-16(15)14-22)8-7-20-9-11-25-12-10-20/h15-16H,2-14H2,1H3,(H,19,24)/t15-,16-/m0/s1. The molecule has 0 bridgehead atoms. The number of hydrogen-bond donors (Lipinski definition) is 1. The number of morpholine rings is 1. The molecule has 0 aliphatic carbocycles. The summed E-state index contributed by atoms with van der Waals surface area (Å²) in [6.45, 7) is 10.3. The number of carbonyl (C=O) groups is 2. The lowest BCUT2D eigenvalue weighted by Crippen LogP contribution is -2.48. The van der Waals surface area contributed by atoms with Crippen LogP contribution in [0.1, 0.15) is 26.2 Å². The number of nitrogens with one attached hydrogen (secondary N) is 1. The van der Waals surface area contributed by atoms with Crippen LogP contribution in [-0.4, -0.2) is 92.2 Å². The van der Waals surface area contributed by atoms with Crippen molar-refractivity contribution < 1.29 is 14.3 Å². The Morgan fingerprint density at radius 1 is 1.12 bits per heavy atom. The van der Waals surface area contributed by atoms with Crippen molar-refractivity contribution >= 4 is 11.9 Å². The topological polar surface area (TPSA) is 65.1 Å². The number of ether oxygens (including phenoxy) is 1. The van der Waals surface area contributed by atoms with Gasteiger partial charge in [-0.05, 0) is 31.6 Å². The van der Waals surface area contributed by atoms with E-state index in [0.717, 1.165) is 71.9 Å². The summed E-state index contributed by atoms with van der Waals surface area (Å²) >= 11 is 0. The van der Waals surface area contributed by atoms with E-state index < -0.39 is 0 Å². The Kier molecular flexibility index (Phi) is 6.53. The van der Waals surface area contributed by atoms with E-state index in [9.17, 15) is 9.59 Å². The molecule has 3 fully saturated rings. The molecule has 0 spiro atoms. The molecule has 142 valence electrons. The van der Waals surface area contributed by atoms with Gasteiger partial charge in [0.1, 0.15) is 0 Å².